The summed E-state index contributed by atoms with van der Waals surface area (Å²) in [5.74, 6) is 0.660. The second kappa shape index (κ2) is 5.50. The maximum Gasteiger partial charge on any atom is 0.0639 e. The molecule has 2 rings (SSSR count). The van der Waals surface area contributed by atoms with Crippen LogP contribution in [0.25, 0.3) is 0 Å². The maximum absolute atomic E-state index is 6.35. The standard InChI is InChI=1S/C15H23ClN2/c1-15(2)12(11-17-3)7-6-10-18(15)14-9-5-4-8-13(14)16/h4-5,8-9,12,17H,6-7,10-11H2,1-3H3. The van der Waals surface area contributed by atoms with Gasteiger partial charge in [-0.3, -0.25) is 0 Å². The first kappa shape index (κ1) is 13.7. The molecule has 0 spiro atoms. The van der Waals surface area contributed by atoms with E-state index in [9.17, 15) is 0 Å². The molecule has 18 heavy (non-hydrogen) atoms. The Labute approximate surface area is 115 Å². The average Bonchev–Trinajstić information content (AvgIpc) is 2.33. The third kappa shape index (κ3) is 2.50. The van der Waals surface area contributed by atoms with Gasteiger partial charge in [-0.15, -0.1) is 0 Å². The minimum atomic E-state index is 0.145. The largest absolute Gasteiger partial charge is 0.365 e. The molecule has 1 saturated heterocycles. The summed E-state index contributed by atoms with van der Waals surface area (Å²) in [5, 5.41) is 4.18. The molecule has 0 bridgehead atoms. The van der Waals surface area contributed by atoms with E-state index in [0.717, 1.165) is 18.1 Å². The normalized spacial score (nSPS) is 23.1. The highest BCUT2D eigenvalue weighted by Crippen LogP contribution is 2.39. The van der Waals surface area contributed by atoms with Crippen LogP contribution in [0.2, 0.25) is 5.02 Å². The molecule has 0 radical (unpaired) electrons. The molecule has 1 aromatic carbocycles. The highest BCUT2D eigenvalue weighted by molar-refractivity contribution is 6.33. The Balaban J connectivity index is 2.29. The predicted molar refractivity (Wildman–Crippen MR) is 79.5 cm³/mol. The van der Waals surface area contributed by atoms with Gasteiger partial charge in [0.2, 0.25) is 0 Å². The number of hydrogen-bond donors (Lipinski definition) is 1. The first-order valence-corrected chi connectivity index (χ1v) is 7.12. The maximum atomic E-state index is 6.35. The molecular formula is C15H23ClN2. The van der Waals surface area contributed by atoms with Crippen molar-refractivity contribution >= 4 is 17.3 Å². The summed E-state index contributed by atoms with van der Waals surface area (Å²) < 4.78 is 0. The minimum absolute atomic E-state index is 0.145. The number of benzene rings is 1. The number of nitrogens with one attached hydrogen (secondary N) is 1. The summed E-state index contributed by atoms with van der Waals surface area (Å²) in [6.45, 7) is 6.82. The zero-order valence-electron chi connectivity index (χ0n) is 11.5. The van der Waals surface area contributed by atoms with Crippen molar-refractivity contribution in [1.29, 1.82) is 0 Å². The minimum Gasteiger partial charge on any atom is -0.365 e. The Bertz CT molecular complexity index is 401. The molecule has 3 heteroatoms. The molecule has 0 aromatic heterocycles. The predicted octanol–water partition coefficient (Wildman–Crippen LogP) is 3.55. The van der Waals surface area contributed by atoms with E-state index in [-0.39, 0.29) is 5.54 Å². The fourth-order valence-electron chi connectivity index (χ4n) is 3.06. The van der Waals surface area contributed by atoms with Crippen LogP contribution in [0.5, 0.6) is 0 Å². The highest BCUT2D eigenvalue weighted by Gasteiger charge is 2.38. The van der Waals surface area contributed by atoms with Crippen LogP contribution in [-0.4, -0.2) is 25.7 Å². The van der Waals surface area contributed by atoms with Crippen molar-refractivity contribution < 1.29 is 0 Å². The van der Waals surface area contributed by atoms with Gasteiger partial charge in [0.05, 0.1) is 10.7 Å². The monoisotopic (exact) mass is 266 g/mol. The highest BCUT2D eigenvalue weighted by atomic mass is 35.5. The Morgan fingerprint density at radius 3 is 2.78 bits per heavy atom. The van der Waals surface area contributed by atoms with Crippen LogP contribution in [-0.2, 0) is 0 Å². The summed E-state index contributed by atoms with van der Waals surface area (Å²) in [6.07, 6.45) is 2.52. The number of hydrogen-bond acceptors (Lipinski definition) is 2. The van der Waals surface area contributed by atoms with E-state index in [0.29, 0.717) is 5.92 Å². The molecule has 1 N–H and O–H groups in total. The van der Waals surface area contributed by atoms with Gasteiger partial charge in [-0.2, -0.15) is 0 Å². The van der Waals surface area contributed by atoms with Crippen LogP contribution in [0.3, 0.4) is 0 Å². The average molecular weight is 267 g/mol. The van der Waals surface area contributed by atoms with Gasteiger partial charge in [-0.25, -0.2) is 0 Å². The van der Waals surface area contributed by atoms with E-state index in [4.69, 9.17) is 11.6 Å². The van der Waals surface area contributed by atoms with Crippen LogP contribution in [0, 0.1) is 5.92 Å². The Kier molecular flexibility index (Phi) is 4.18. The van der Waals surface area contributed by atoms with Crippen molar-refractivity contribution in [2.45, 2.75) is 32.2 Å². The Morgan fingerprint density at radius 1 is 1.39 bits per heavy atom. The molecule has 1 unspecified atom stereocenters. The van der Waals surface area contributed by atoms with E-state index in [1.807, 2.05) is 19.2 Å². The molecule has 1 fully saturated rings. The molecule has 1 heterocycles. The van der Waals surface area contributed by atoms with Gasteiger partial charge in [0.15, 0.2) is 0 Å². The van der Waals surface area contributed by atoms with Crippen molar-refractivity contribution in [3.63, 3.8) is 0 Å². The summed E-state index contributed by atoms with van der Waals surface area (Å²) in [5.41, 5.74) is 1.32. The van der Waals surface area contributed by atoms with Crippen molar-refractivity contribution in [1.82, 2.24) is 5.32 Å². The summed E-state index contributed by atoms with van der Waals surface area (Å²) in [4.78, 5) is 2.47. The van der Waals surface area contributed by atoms with Gasteiger partial charge in [-0.1, -0.05) is 23.7 Å². The topological polar surface area (TPSA) is 15.3 Å². The fraction of sp³-hybridized carbons (Fsp3) is 0.600. The first-order valence-electron chi connectivity index (χ1n) is 6.74. The van der Waals surface area contributed by atoms with Crippen molar-refractivity contribution in [3.8, 4) is 0 Å². The third-order valence-corrected chi connectivity index (χ3v) is 4.54. The van der Waals surface area contributed by atoms with Crippen LogP contribution in [0.4, 0.5) is 5.69 Å². The molecule has 100 valence electrons. The molecule has 0 saturated carbocycles. The van der Waals surface area contributed by atoms with E-state index in [1.165, 1.54) is 18.5 Å². The summed E-state index contributed by atoms with van der Waals surface area (Å²) in [6, 6.07) is 8.17. The number of nitrogens with zero attached hydrogens (tertiary/aromatic N) is 1. The lowest BCUT2D eigenvalue weighted by atomic mass is 9.78. The van der Waals surface area contributed by atoms with E-state index >= 15 is 0 Å². The molecular weight excluding hydrogens is 244 g/mol. The Morgan fingerprint density at radius 2 is 2.11 bits per heavy atom. The molecule has 1 aliphatic rings. The lowest BCUT2D eigenvalue weighted by Crippen LogP contribution is -2.55. The number of halogens is 1. The van der Waals surface area contributed by atoms with Crippen LogP contribution in [0.1, 0.15) is 26.7 Å². The summed E-state index contributed by atoms with van der Waals surface area (Å²) in [7, 11) is 2.03. The van der Waals surface area contributed by atoms with Gasteiger partial charge in [0, 0.05) is 12.1 Å². The van der Waals surface area contributed by atoms with Gasteiger partial charge in [0.25, 0.3) is 0 Å². The molecule has 1 aromatic rings. The van der Waals surface area contributed by atoms with Crippen molar-refractivity contribution in [2.75, 3.05) is 25.0 Å². The molecule has 0 amide bonds. The lowest BCUT2D eigenvalue weighted by Gasteiger charge is -2.50. The molecule has 1 aliphatic heterocycles. The van der Waals surface area contributed by atoms with Gasteiger partial charge in [0.1, 0.15) is 0 Å². The van der Waals surface area contributed by atoms with E-state index in [2.05, 4.69) is 36.2 Å². The van der Waals surface area contributed by atoms with Gasteiger partial charge in [-0.05, 0) is 58.3 Å². The number of anilines is 1. The SMILES string of the molecule is CNCC1CCCN(c2ccccc2Cl)C1(C)C. The zero-order valence-corrected chi connectivity index (χ0v) is 12.3. The number of para-hydroxylation sites is 1. The second-order valence-electron chi connectivity index (χ2n) is 5.65. The first-order chi connectivity index (χ1) is 8.57. The van der Waals surface area contributed by atoms with E-state index < -0.39 is 0 Å². The molecule has 2 nitrogen and oxygen atoms in total. The van der Waals surface area contributed by atoms with Crippen LogP contribution < -0.4 is 10.2 Å². The molecule has 0 aliphatic carbocycles. The van der Waals surface area contributed by atoms with Gasteiger partial charge < -0.3 is 10.2 Å². The summed E-state index contributed by atoms with van der Waals surface area (Å²) >= 11 is 6.35. The third-order valence-electron chi connectivity index (χ3n) is 4.22. The lowest BCUT2D eigenvalue weighted by molar-refractivity contribution is 0.235. The zero-order chi connectivity index (χ0) is 13.2. The van der Waals surface area contributed by atoms with Gasteiger partial charge >= 0.3 is 0 Å². The fourth-order valence-corrected chi connectivity index (χ4v) is 3.30. The molecule has 1 atom stereocenters. The smallest absolute Gasteiger partial charge is 0.0639 e. The number of piperidine rings is 1. The van der Waals surface area contributed by atoms with Crippen LogP contribution in [0.15, 0.2) is 24.3 Å². The number of rotatable bonds is 3. The quantitative estimate of drug-likeness (QED) is 0.900. The van der Waals surface area contributed by atoms with Crippen LogP contribution >= 0.6 is 11.6 Å². The second-order valence-corrected chi connectivity index (χ2v) is 6.06. The van der Waals surface area contributed by atoms with Crippen molar-refractivity contribution in [3.05, 3.63) is 29.3 Å². The van der Waals surface area contributed by atoms with Crippen molar-refractivity contribution in [2.24, 2.45) is 5.92 Å². The van der Waals surface area contributed by atoms with E-state index in [1.54, 1.807) is 0 Å². The Hall–Kier alpha value is -0.730.